The van der Waals surface area contributed by atoms with Gasteiger partial charge in [0.05, 0.1) is 5.69 Å². The van der Waals surface area contributed by atoms with E-state index >= 15 is 0 Å². The first kappa shape index (κ1) is 14.1. The third-order valence-corrected chi connectivity index (χ3v) is 3.17. The third-order valence-electron chi connectivity index (χ3n) is 3.17. The van der Waals surface area contributed by atoms with Crippen LogP contribution in [0.15, 0.2) is 36.4 Å². The Morgan fingerprint density at radius 1 is 1.09 bits per heavy atom. The van der Waals surface area contributed by atoms with Crippen molar-refractivity contribution in [1.29, 1.82) is 0 Å². The van der Waals surface area contributed by atoms with Crippen molar-refractivity contribution in [3.05, 3.63) is 53.3 Å². The van der Waals surface area contributed by atoms with Gasteiger partial charge in [-0.25, -0.2) is 4.39 Å². The normalized spacial score (nSPS) is 12.6. The second-order valence-corrected chi connectivity index (χ2v) is 4.87. The zero-order valence-electron chi connectivity index (χ0n) is 11.9. The molecule has 2 aromatic rings. The molecule has 2 aromatic carbocycles. The molecular formula is C17H14FNO3. The van der Waals surface area contributed by atoms with Crippen LogP contribution in [0.5, 0.6) is 11.5 Å². The van der Waals surface area contributed by atoms with Crippen molar-refractivity contribution >= 4 is 23.7 Å². The summed E-state index contributed by atoms with van der Waals surface area (Å²) in [5, 5.41) is 2.43. The molecule has 112 valence electrons. The maximum atomic E-state index is 13.8. The van der Waals surface area contributed by atoms with Crippen molar-refractivity contribution in [2.75, 3.05) is 12.1 Å². The average Bonchev–Trinajstić information content (AvgIpc) is 2.95. The molecule has 1 aliphatic heterocycles. The van der Waals surface area contributed by atoms with E-state index in [0.29, 0.717) is 11.3 Å². The fourth-order valence-electron chi connectivity index (χ4n) is 2.14. The summed E-state index contributed by atoms with van der Waals surface area (Å²) in [6, 6.07) is 10.2. The monoisotopic (exact) mass is 299 g/mol. The van der Waals surface area contributed by atoms with E-state index in [1.807, 2.05) is 24.3 Å². The topological polar surface area (TPSA) is 47.6 Å². The van der Waals surface area contributed by atoms with E-state index in [2.05, 4.69) is 5.32 Å². The first-order valence-electron chi connectivity index (χ1n) is 6.77. The van der Waals surface area contributed by atoms with Crippen LogP contribution in [0, 0.1) is 5.82 Å². The molecule has 3 rings (SSSR count). The Morgan fingerprint density at radius 3 is 2.50 bits per heavy atom. The van der Waals surface area contributed by atoms with Crippen LogP contribution in [0.2, 0.25) is 0 Å². The molecule has 0 saturated heterocycles. The molecule has 0 saturated carbocycles. The van der Waals surface area contributed by atoms with Crippen molar-refractivity contribution in [2.24, 2.45) is 0 Å². The fourth-order valence-corrected chi connectivity index (χ4v) is 2.14. The molecule has 0 unspecified atom stereocenters. The molecule has 0 aromatic heterocycles. The highest BCUT2D eigenvalue weighted by molar-refractivity contribution is 5.89. The SMILES string of the molecule is CC(=O)Nc1ccc(/C=C/c2ccc3c(c2)OCO3)cc1F. The lowest BCUT2D eigenvalue weighted by molar-refractivity contribution is -0.114. The van der Waals surface area contributed by atoms with Crippen LogP contribution in [0.3, 0.4) is 0 Å². The number of ether oxygens (including phenoxy) is 2. The first-order valence-corrected chi connectivity index (χ1v) is 6.77. The lowest BCUT2D eigenvalue weighted by Gasteiger charge is -2.04. The molecule has 0 bridgehead atoms. The highest BCUT2D eigenvalue weighted by atomic mass is 19.1. The van der Waals surface area contributed by atoms with Gasteiger partial charge < -0.3 is 14.8 Å². The van der Waals surface area contributed by atoms with Crippen molar-refractivity contribution in [1.82, 2.24) is 0 Å². The number of hydrogen-bond acceptors (Lipinski definition) is 3. The van der Waals surface area contributed by atoms with Gasteiger partial charge in [0.1, 0.15) is 5.82 Å². The van der Waals surface area contributed by atoms with Gasteiger partial charge in [0, 0.05) is 6.92 Å². The highest BCUT2D eigenvalue weighted by Gasteiger charge is 2.12. The Morgan fingerprint density at radius 2 is 1.77 bits per heavy atom. The van der Waals surface area contributed by atoms with E-state index in [9.17, 15) is 9.18 Å². The molecule has 0 atom stereocenters. The summed E-state index contributed by atoms with van der Waals surface area (Å²) in [4.78, 5) is 10.9. The third kappa shape index (κ3) is 3.09. The van der Waals surface area contributed by atoms with Crippen molar-refractivity contribution in [2.45, 2.75) is 6.92 Å². The summed E-state index contributed by atoms with van der Waals surface area (Å²) in [6.45, 7) is 1.57. The van der Waals surface area contributed by atoms with Crippen LogP contribution in [-0.2, 0) is 4.79 Å². The molecule has 22 heavy (non-hydrogen) atoms. The van der Waals surface area contributed by atoms with Gasteiger partial charge >= 0.3 is 0 Å². The summed E-state index contributed by atoms with van der Waals surface area (Å²) >= 11 is 0. The Balaban J connectivity index is 1.78. The van der Waals surface area contributed by atoms with Gasteiger partial charge in [0.25, 0.3) is 0 Å². The zero-order chi connectivity index (χ0) is 15.5. The lowest BCUT2D eigenvalue weighted by Crippen LogP contribution is -2.07. The molecule has 0 radical (unpaired) electrons. The molecule has 0 spiro atoms. The van der Waals surface area contributed by atoms with Crippen LogP contribution in [0.1, 0.15) is 18.1 Å². The summed E-state index contributed by atoms with van der Waals surface area (Å²) in [5.41, 5.74) is 1.80. The average molecular weight is 299 g/mol. The Hall–Kier alpha value is -2.82. The van der Waals surface area contributed by atoms with Gasteiger partial charge in [0.15, 0.2) is 11.5 Å². The highest BCUT2D eigenvalue weighted by Crippen LogP contribution is 2.33. The first-order chi connectivity index (χ1) is 10.6. The smallest absolute Gasteiger partial charge is 0.231 e. The number of amides is 1. The predicted octanol–water partition coefficient (Wildman–Crippen LogP) is 3.68. The van der Waals surface area contributed by atoms with Crippen LogP contribution < -0.4 is 14.8 Å². The molecular weight excluding hydrogens is 285 g/mol. The van der Waals surface area contributed by atoms with Gasteiger partial charge in [-0.3, -0.25) is 4.79 Å². The maximum Gasteiger partial charge on any atom is 0.231 e. The zero-order valence-corrected chi connectivity index (χ0v) is 11.9. The summed E-state index contributed by atoms with van der Waals surface area (Å²) < 4.78 is 24.4. The van der Waals surface area contributed by atoms with Gasteiger partial charge in [-0.2, -0.15) is 0 Å². The van der Waals surface area contributed by atoms with Crippen LogP contribution >= 0.6 is 0 Å². The van der Waals surface area contributed by atoms with Gasteiger partial charge in [0.2, 0.25) is 12.7 Å². The molecule has 1 aliphatic rings. The number of fused-ring (bicyclic) bond motifs is 1. The Labute approximate surface area is 127 Å². The molecule has 1 heterocycles. The van der Waals surface area contributed by atoms with Crippen LogP contribution in [0.25, 0.3) is 12.2 Å². The molecule has 1 amide bonds. The van der Waals surface area contributed by atoms with Gasteiger partial charge in [-0.1, -0.05) is 24.3 Å². The minimum Gasteiger partial charge on any atom is -0.454 e. The molecule has 5 heteroatoms. The largest absolute Gasteiger partial charge is 0.454 e. The second kappa shape index (κ2) is 5.89. The van der Waals surface area contributed by atoms with Crippen molar-refractivity contribution in [3.8, 4) is 11.5 Å². The van der Waals surface area contributed by atoms with Crippen LogP contribution in [-0.4, -0.2) is 12.7 Å². The van der Waals surface area contributed by atoms with E-state index < -0.39 is 5.82 Å². The van der Waals surface area contributed by atoms with Crippen molar-refractivity contribution < 1.29 is 18.7 Å². The quantitative estimate of drug-likeness (QED) is 0.879. The maximum absolute atomic E-state index is 13.8. The van der Waals surface area contributed by atoms with E-state index in [-0.39, 0.29) is 18.4 Å². The second-order valence-electron chi connectivity index (χ2n) is 4.87. The minimum absolute atomic E-state index is 0.174. The summed E-state index contributed by atoms with van der Waals surface area (Å²) in [7, 11) is 0. The fraction of sp³-hybridized carbons (Fsp3) is 0.118. The number of benzene rings is 2. The number of hydrogen-bond donors (Lipinski definition) is 1. The minimum atomic E-state index is -0.469. The van der Waals surface area contributed by atoms with Gasteiger partial charge in [-0.15, -0.1) is 0 Å². The van der Waals surface area contributed by atoms with Gasteiger partial charge in [-0.05, 0) is 35.4 Å². The van der Waals surface area contributed by atoms with Crippen LogP contribution in [0.4, 0.5) is 10.1 Å². The number of carbonyl (C=O) groups excluding carboxylic acids is 1. The summed E-state index contributed by atoms with van der Waals surface area (Å²) in [5.74, 6) is 0.655. The van der Waals surface area contributed by atoms with E-state index in [0.717, 1.165) is 11.3 Å². The molecule has 0 fully saturated rings. The number of anilines is 1. The number of rotatable bonds is 3. The Kier molecular flexibility index (Phi) is 3.78. The molecule has 4 nitrogen and oxygen atoms in total. The summed E-state index contributed by atoms with van der Waals surface area (Å²) in [6.07, 6.45) is 3.65. The predicted molar refractivity (Wildman–Crippen MR) is 82.2 cm³/mol. The standard InChI is InChI=1S/C17H14FNO3/c1-11(20)19-15-6-4-12(8-14(15)18)2-3-13-5-7-16-17(9-13)22-10-21-16/h2-9H,10H2,1H3,(H,19,20)/b3-2+. The van der Waals surface area contributed by atoms with E-state index in [1.54, 1.807) is 12.1 Å². The number of halogens is 1. The van der Waals surface area contributed by atoms with E-state index in [4.69, 9.17) is 9.47 Å². The number of nitrogens with one attached hydrogen (secondary N) is 1. The van der Waals surface area contributed by atoms with E-state index in [1.165, 1.54) is 19.1 Å². The Bertz CT molecular complexity index is 756. The molecule has 1 N–H and O–H groups in total. The molecule has 0 aliphatic carbocycles. The number of carbonyl (C=O) groups is 1. The van der Waals surface area contributed by atoms with Crippen molar-refractivity contribution in [3.63, 3.8) is 0 Å². The lowest BCUT2D eigenvalue weighted by atomic mass is 10.1.